The molecule has 4 nitrogen and oxygen atoms in total. The summed E-state index contributed by atoms with van der Waals surface area (Å²) in [4.78, 5) is 6.61. The highest BCUT2D eigenvalue weighted by molar-refractivity contribution is 6.74. The third kappa shape index (κ3) is 5.23. The SMILES string of the molecule is C=CC[C@]1(O)CCC[C@]12CCC[C@H](CCO[Si](C)(C)C(C)(C)C)N2OCc1ccccc1. The minimum atomic E-state index is -1.79. The van der Waals surface area contributed by atoms with Crippen molar-refractivity contribution in [1.82, 2.24) is 5.06 Å². The Morgan fingerprint density at radius 2 is 1.84 bits per heavy atom. The van der Waals surface area contributed by atoms with Crippen molar-refractivity contribution in [2.45, 2.75) is 114 Å². The van der Waals surface area contributed by atoms with Crippen LogP contribution in [0.15, 0.2) is 43.0 Å². The summed E-state index contributed by atoms with van der Waals surface area (Å²) >= 11 is 0. The van der Waals surface area contributed by atoms with E-state index in [0.29, 0.717) is 13.0 Å². The molecule has 1 aromatic carbocycles. The van der Waals surface area contributed by atoms with Crippen LogP contribution < -0.4 is 0 Å². The molecule has 2 aliphatic rings. The van der Waals surface area contributed by atoms with Crippen LogP contribution in [0.3, 0.4) is 0 Å². The first-order valence-electron chi connectivity index (χ1n) is 12.5. The molecule has 5 heteroatoms. The molecular weight excluding hydrogens is 414 g/mol. The van der Waals surface area contributed by atoms with Gasteiger partial charge in [0.2, 0.25) is 0 Å². The van der Waals surface area contributed by atoms with Crippen LogP contribution in [0, 0.1) is 0 Å². The van der Waals surface area contributed by atoms with Gasteiger partial charge in [-0.05, 0) is 75.1 Å². The molecule has 3 atom stereocenters. The van der Waals surface area contributed by atoms with E-state index in [1.807, 2.05) is 12.1 Å². The summed E-state index contributed by atoms with van der Waals surface area (Å²) in [7, 11) is -1.79. The van der Waals surface area contributed by atoms with Gasteiger partial charge in [-0.2, -0.15) is 5.06 Å². The Balaban J connectivity index is 1.80. The zero-order valence-electron chi connectivity index (χ0n) is 21.0. The molecule has 2 fully saturated rings. The molecular formula is C27H45NO3Si. The minimum absolute atomic E-state index is 0.208. The number of nitrogens with zero attached hydrogens (tertiary/aromatic N) is 1. The van der Waals surface area contributed by atoms with Gasteiger partial charge in [0.15, 0.2) is 8.32 Å². The Hall–Kier alpha value is -0.983. The highest BCUT2D eigenvalue weighted by Crippen LogP contribution is 2.52. The second kappa shape index (κ2) is 10.1. The van der Waals surface area contributed by atoms with E-state index < -0.39 is 13.9 Å². The van der Waals surface area contributed by atoms with Crippen molar-refractivity contribution in [2.24, 2.45) is 0 Å². The molecule has 1 saturated heterocycles. The molecule has 0 amide bonds. The molecule has 1 aromatic rings. The molecule has 1 aliphatic heterocycles. The Kier molecular flexibility index (Phi) is 8.09. The van der Waals surface area contributed by atoms with Crippen molar-refractivity contribution in [3.8, 4) is 0 Å². The highest BCUT2D eigenvalue weighted by atomic mass is 28.4. The Morgan fingerprint density at radius 3 is 2.50 bits per heavy atom. The number of piperidine rings is 1. The maximum atomic E-state index is 11.8. The van der Waals surface area contributed by atoms with Crippen molar-refractivity contribution in [3.05, 3.63) is 48.6 Å². The fourth-order valence-electron chi connectivity index (χ4n) is 5.43. The van der Waals surface area contributed by atoms with Gasteiger partial charge in [0.1, 0.15) is 0 Å². The summed E-state index contributed by atoms with van der Waals surface area (Å²) in [6.45, 7) is 16.7. The minimum Gasteiger partial charge on any atom is -0.417 e. The van der Waals surface area contributed by atoms with Crippen LogP contribution in [0.5, 0.6) is 0 Å². The molecule has 180 valence electrons. The quantitative estimate of drug-likeness (QED) is 0.333. The van der Waals surface area contributed by atoms with Gasteiger partial charge >= 0.3 is 0 Å². The second-order valence-corrected chi connectivity index (χ2v) is 16.2. The number of hydroxylamine groups is 2. The van der Waals surface area contributed by atoms with Gasteiger partial charge in [-0.3, -0.25) is 4.84 Å². The lowest BCUT2D eigenvalue weighted by Gasteiger charge is -2.54. The lowest BCUT2D eigenvalue weighted by atomic mass is 9.72. The van der Waals surface area contributed by atoms with Crippen molar-refractivity contribution in [2.75, 3.05) is 6.61 Å². The zero-order chi connectivity index (χ0) is 23.5. The van der Waals surface area contributed by atoms with E-state index in [2.05, 4.69) is 69.8 Å². The van der Waals surface area contributed by atoms with Gasteiger partial charge in [-0.1, -0.05) is 57.2 Å². The van der Waals surface area contributed by atoms with Crippen LogP contribution in [-0.4, -0.2) is 42.3 Å². The number of aliphatic hydroxyl groups is 1. The van der Waals surface area contributed by atoms with Gasteiger partial charge in [-0.25, -0.2) is 0 Å². The molecule has 3 rings (SSSR count). The summed E-state index contributed by atoms with van der Waals surface area (Å²) in [5.41, 5.74) is 0.0510. The largest absolute Gasteiger partial charge is 0.417 e. The summed E-state index contributed by atoms with van der Waals surface area (Å²) in [5.74, 6) is 0. The van der Waals surface area contributed by atoms with E-state index in [-0.39, 0.29) is 16.6 Å². The smallest absolute Gasteiger partial charge is 0.191 e. The third-order valence-electron chi connectivity index (χ3n) is 8.34. The summed E-state index contributed by atoms with van der Waals surface area (Å²) in [5, 5.41) is 14.2. The lowest BCUT2D eigenvalue weighted by molar-refractivity contribution is -0.305. The number of rotatable bonds is 9. The van der Waals surface area contributed by atoms with Crippen LogP contribution in [-0.2, 0) is 15.9 Å². The van der Waals surface area contributed by atoms with Crippen LogP contribution >= 0.6 is 0 Å². The van der Waals surface area contributed by atoms with Gasteiger partial charge in [0, 0.05) is 12.6 Å². The van der Waals surface area contributed by atoms with E-state index in [1.165, 1.54) is 0 Å². The monoisotopic (exact) mass is 459 g/mol. The average molecular weight is 460 g/mol. The fraction of sp³-hybridized carbons (Fsp3) is 0.704. The zero-order valence-corrected chi connectivity index (χ0v) is 22.0. The van der Waals surface area contributed by atoms with Gasteiger partial charge in [0.05, 0.1) is 17.7 Å². The van der Waals surface area contributed by atoms with Crippen molar-refractivity contribution in [1.29, 1.82) is 0 Å². The maximum absolute atomic E-state index is 11.8. The second-order valence-electron chi connectivity index (χ2n) is 11.4. The van der Waals surface area contributed by atoms with Crippen LogP contribution in [0.4, 0.5) is 0 Å². The Labute approximate surface area is 197 Å². The molecule has 32 heavy (non-hydrogen) atoms. The predicted molar refractivity (Wildman–Crippen MR) is 135 cm³/mol. The van der Waals surface area contributed by atoms with Crippen LogP contribution in [0.1, 0.15) is 77.7 Å². The first-order chi connectivity index (χ1) is 15.0. The number of benzene rings is 1. The average Bonchev–Trinajstić information content (AvgIpc) is 3.03. The van der Waals surface area contributed by atoms with Gasteiger partial charge in [-0.15, -0.1) is 6.58 Å². The molecule has 1 aliphatic carbocycles. The van der Waals surface area contributed by atoms with E-state index in [4.69, 9.17) is 9.26 Å². The maximum Gasteiger partial charge on any atom is 0.191 e. The van der Waals surface area contributed by atoms with Crippen LogP contribution in [0.25, 0.3) is 0 Å². The Morgan fingerprint density at radius 1 is 1.16 bits per heavy atom. The summed E-state index contributed by atoms with van der Waals surface area (Å²) < 4.78 is 6.54. The standard InChI is InChI=1S/C27H45NO3Si/c1-7-17-27(29)20-12-19-26(27)18-11-15-24(16-21-31-32(5,6)25(2,3)4)28(26)30-22-23-13-9-8-10-14-23/h7-10,13-14,24,29H,1,11-12,15-22H2,2-6H3/t24-,26-,27+/m1/s1. The third-order valence-corrected chi connectivity index (χ3v) is 12.9. The summed E-state index contributed by atoms with van der Waals surface area (Å²) in [6.07, 6.45) is 9.44. The summed E-state index contributed by atoms with van der Waals surface area (Å²) in [6, 6.07) is 10.6. The molecule has 0 aromatic heterocycles. The number of hydrogen-bond donors (Lipinski definition) is 1. The van der Waals surface area contributed by atoms with E-state index in [9.17, 15) is 5.11 Å². The predicted octanol–water partition coefficient (Wildman–Crippen LogP) is 6.61. The molecule has 1 N–H and O–H groups in total. The normalized spacial score (nSPS) is 29.5. The van der Waals surface area contributed by atoms with E-state index >= 15 is 0 Å². The van der Waals surface area contributed by atoms with E-state index in [0.717, 1.165) is 57.1 Å². The molecule has 0 radical (unpaired) electrons. The lowest BCUT2D eigenvalue weighted by Crippen LogP contribution is -2.65. The number of hydrogen-bond acceptors (Lipinski definition) is 4. The molecule has 1 heterocycles. The first-order valence-corrected chi connectivity index (χ1v) is 15.4. The van der Waals surface area contributed by atoms with E-state index in [1.54, 1.807) is 0 Å². The Bertz CT molecular complexity index is 747. The van der Waals surface area contributed by atoms with Crippen molar-refractivity contribution < 1.29 is 14.4 Å². The topological polar surface area (TPSA) is 41.9 Å². The molecule has 0 unspecified atom stereocenters. The molecule has 1 spiro atoms. The van der Waals surface area contributed by atoms with Crippen LogP contribution in [0.2, 0.25) is 18.1 Å². The van der Waals surface area contributed by atoms with Gasteiger partial charge < -0.3 is 9.53 Å². The fourth-order valence-corrected chi connectivity index (χ4v) is 6.49. The van der Waals surface area contributed by atoms with Crippen molar-refractivity contribution in [3.63, 3.8) is 0 Å². The van der Waals surface area contributed by atoms with Gasteiger partial charge in [0.25, 0.3) is 0 Å². The van der Waals surface area contributed by atoms with Crippen molar-refractivity contribution >= 4 is 8.32 Å². The first kappa shape index (κ1) is 25.6. The molecule has 0 bridgehead atoms. The highest BCUT2D eigenvalue weighted by Gasteiger charge is 2.59. The molecule has 1 saturated carbocycles.